The Hall–Kier alpha value is -3.58. The van der Waals surface area contributed by atoms with Gasteiger partial charge in [0.1, 0.15) is 0 Å². The molecular formula is C23H30N8O3S. The van der Waals surface area contributed by atoms with E-state index >= 15 is 0 Å². The SMILES string of the molecule is C/C(=C/c1ccc(-c2ccc(/C(=N/N)NN)cc2)[nH]1)C(=O)NC(=S)N(C=O)CCN1CCOCC1. The molecule has 1 aromatic carbocycles. The van der Waals surface area contributed by atoms with Crippen molar-refractivity contribution in [3.63, 3.8) is 0 Å². The summed E-state index contributed by atoms with van der Waals surface area (Å²) in [6.45, 7) is 5.70. The molecule has 0 atom stereocenters. The zero-order valence-corrected chi connectivity index (χ0v) is 20.3. The first-order chi connectivity index (χ1) is 16.9. The van der Waals surface area contributed by atoms with Crippen LogP contribution in [0.5, 0.6) is 0 Å². The first-order valence-electron chi connectivity index (χ1n) is 11.0. The number of ether oxygens (including phenoxy) is 1. The summed E-state index contributed by atoms with van der Waals surface area (Å²) in [6.07, 6.45) is 2.35. The van der Waals surface area contributed by atoms with Gasteiger partial charge in [-0.2, -0.15) is 5.10 Å². The Kier molecular flexibility index (Phi) is 9.49. The number of nitrogens with one attached hydrogen (secondary N) is 3. The minimum atomic E-state index is -0.378. The summed E-state index contributed by atoms with van der Waals surface area (Å²) in [5, 5.41) is 6.29. The maximum absolute atomic E-state index is 12.6. The van der Waals surface area contributed by atoms with Gasteiger partial charge in [0.15, 0.2) is 10.9 Å². The third-order valence-corrected chi connectivity index (χ3v) is 5.88. The fraction of sp³-hybridized carbons (Fsp3) is 0.304. The number of carbonyl (C=O) groups excluding carboxylic acids is 2. The molecule has 12 heteroatoms. The first kappa shape index (κ1) is 26.0. The number of aromatic nitrogens is 1. The van der Waals surface area contributed by atoms with Gasteiger partial charge >= 0.3 is 0 Å². The number of amides is 2. The first-order valence-corrected chi connectivity index (χ1v) is 11.5. The third-order valence-electron chi connectivity index (χ3n) is 5.54. The molecule has 0 spiro atoms. The summed E-state index contributed by atoms with van der Waals surface area (Å²) in [7, 11) is 0. The maximum Gasteiger partial charge on any atom is 0.253 e. The van der Waals surface area contributed by atoms with Crippen LogP contribution in [0.3, 0.4) is 0 Å². The predicted molar refractivity (Wildman–Crippen MR) is 139 cm³/mol. The molecular weight excluding hydrogens is 468 g/mol. The van der Waals surface area contributed by atoms with E-state index in [9.17, 15) is 9.59 Å². The normalized spacial score (nSPS) is 14.9. The van der Waals surface area contributed by atoms with Crippen molar-refractivity contribution in [3.05, 3.63) is 53.2 Å². The summed E-state index contributed by atoms with van der Waals surface area (Å²) in [6, 6.07) is 11.3. The van der Waals surface area contributed by atoms with Crippen molar-refractivity contribution in [2.24, 2.45) is 16.8 Å². The minimum Gasteiger partial charge on any atom is -0.379 e. The lowest BCUT2D eigenvalue weighted by Crippen LogP contribution is -2.47. The van der Waals surface area contributed by atoms with Crippen LogP contribution in [0.15, 0.2) is 47.1 Å². The van der Waals surface area contributed by atoms with Crippen molar-refractivity contribution in [3.8, 4) is 11.3 Å². The molecule has 186 valence electrons. The van der Waals surface area contributed by atoms with Crippen LogP contribution in [0.4, 0.5) is 0 Å². The number of hydrazone groups is 1. The third kappa shape index (κ3) is 7.20. The molecule has 2 heterocycles. The number of nitrogens with zero attached hydrogens (tertiary/aromatic N) is 3. The Morgan fingerprint density at radius 1 is 1.26 bits per heavy atom. The van der Waals surface area contributed by atoms with Crippen molar-refractivity contribution in [1.82, 2.24) is 25.5 Å². The van der Waals surface area contributed by atoms with Crippen molar-refractivity contribution in [1.29, 1.82) is 0 Å². The Morgan fingerprint density at radius 2 is 1.97 bits per heavy atom. The van der Waals surface area contributed by atoms with Crippen LogP contribution in [0.25, 0.3) is 17.3 Å². The van der Waals surface area contributed by atoms with Crippen molar-refractivity contribution in [2.45, 2.75) is 6.92 Å². The van der Waals surface area contributed by atoms with E-state index in [1.165, 1.54) is 4.90 Å². The summed E-state index contributed by atoms with van der Waals surface area (Å²) in [5.74, 6) is 10.7. The molecule has 1 fully saturated rings. The highest BCUT2D eigenvalue weighted by Gasteiger charge is 2.16. The molecule has 1 saturated heterocycles. The van der Waals surface area contributed by atoms with Crippen molar-refractivity contribution in [2.75, 3.05) is 39.4 Å². The van der Waals surface area contributed by atoms with Crippen LogP contribution in [0.1, 0.15) is 18.2 Å². The lowest BCUT2D eigenvalue weighted by Gasteiger charge is -2.28. The monoisotopic (exact) mass is 498 g/mol. The number of aromatic amines is 1. The number of nitrogens with two attached hydrogens (primary N) is 2. The molecule has 1 aliphatic heterocycles. The van der Waals surface area contributed by atoms with Gasteiger partial charge in [0.05, 0.1) is 13.2 Å². The molecule has 0 saturated carbocycles. The van der Waals surface area contributed by atoms with Gasteiger partial charge < -0.3 is 21.0 Å². The average molecular weight is 499 g/mol. The summed E-state index contributed by atoms with van der Waals surface area (Å²) < 4.78 is 5.33. The molecule has 11 nitrogen and oxygen atoms in total. The smallest absolute Gasteiger partial charge is 0.253 e. The highest BCUT2D eigenvalue weighted by Crippen LogP contribution is 2.20. The van der Waals surface area contributed by atoms with Crippen LogP contribution in [0, 0.1) is 0 Å². The fourth-order valence-electron chi connectivity index (χ4n) is 3.51. The molecule has 7 N–H and O–H groups in total. The molecule has 0 aliphatic carbocycles. The van der Waals surface area contributed by atoms with Gasteiger partial charge in [0, 0.05) is 48.7 Å². The predicted octanol–water partition coefficient (Wildman–Crippen LogP) is 0.360. The molecule has 0 bridgehead atoms. The van der Waals surface area contributed by atoms with E-state index in [0.717, 1.165) is 35.6 Å². The van der Waals surface area contributed by atoms with Crippen LogP contribution in [0.2, 0.25) is 0 Å². The topological polar surface area (TPSA) is 154 Å². The number of carbonyl (C=O) groups is 2. The highest BCUT2D eigenvalue weighted by atomic mass is 32.1. The molecule has 2 aromatic rings. The minimum absolute atomic E-state index is 0.0747. The molecule has 2 amide bonds. The van der Waals surface area contributed by atoms with Crippen LogP contribution in [-0.2, 0) is 14.3 Å². The van der Waals surface area contributed by atoms with E-state index in [1.54, 1.807) is 13.0 Å². The second-order valence-electron chi connectivity index (χ2n) is 7.87. The Labute approximate surface area is 209 Å². The summed E-state index contributed by atoms with van der Waals surface area (Å²) in [4.78, 5) is 30.9. The maximum atomic E-state index is 12.6. The van der Waals surface area contributed by atoms with Crippen LogP contribution < -0.4 is 22.4 Å². The standard InChI is InChI=1S/C23H30N8O3S/c1-16(22(33)27-23(35)31(15-32)9-8-30-10-12-34-13-11-30)14-19-6-7-20(26-19)17-2-4-18(5-3-17)21(28-24)29-25/h2-7,14-15,26H,8-13,24-25H2,1H3,(H,28,29)(H,27,33,35)/b16-14-. The number of benzene rings is 1. The lowest BCUT2D eigenvalue weighted by atomic mass is 10.1. The van der Waals surface area contributed by atoms with Crippen molar-refractivity contribution < 1.29 is 14.3 Å². The summed E-state index contributed by atoms with van der Waals surface area (Å²) in [5.41, 5.74) is 6.19. The van der Waals surface area contributed by atoms with Gasteiger partial charge in [-0.25, -0.2) is 5.84 Å². The number of rotatable bonds is 8. The largest absolute Gasteiger partial charge is 0.379 e. The van der Waals surface area contributed by atoms with E-state index in [-0.39, 0.29) is 11.0 Å². The number of amidine groups is 1. The second kappa shape index (κ2) is 12.8. The zero-order chi connectivity index (χ0) is 25.2. The van der Waals surface area contributed by atoms with E-state index < -0.39 is 0 Å². The van der Waals surface area contributed by atoms with Crippen LogP contribution in [-0.4, -0.2) is 77.4 Å². The fourth-order valence-corrected chi connectivity index (χ4v) is 3.74. The quantitative estimate of drug-likeness (QED) is 0.0665. The number of hydrazine groups is 1. The highest BCUT2D eigenvalue weighted by molar-refractivity contribution is 7.80. The molecule has 1 aliphatic rings. The van der Waals surface area contributed by atoms with Gasteiger partial charge in [0.25, 0.3) is 5.91 Å². The van der Waals surface area contributed by atoms with Crippen molar-refractivity contribution >= 4 is 41.6 Å². The molecule has 0 radical (unpaired) electrons. The van der Waals surface area contributed by atoms with Crippen LogP contribution >= 0.6 is 12.2 Å². The van der Waals surface area contributed by atoms with Gasteiger partial charge in [-0.3, -0.25) is 24.7 Å². The Morgan fingerprint density at radius 3 is 2.60 bits per heavy atom. The molecule has 1 aromatic heterocycles. The lowest BCUT2D eigenvalue weighted by molar-refractivity contribution is -0.116. The number of hydrogen-bond donors (Lipinski definition) is 5. The van der Waals surface area contributed by atoms with Gasteiger partial charge in [0.2, 0.25) is 6.41 Å². The number of thiocarbonyl (C=S) groups is 1. The van der Waals surface area contributed by atoms with E-state index in [0.29, 0.717) is 44.1 Å². The number of H-pyrrole nitrogens is 1. The Balaban J connectivity index is 1.58. The second-order valence-corrected chi connectivity index (χ2v) is 8.25. The average Bonchev–Trinajstić information content (AvgIpc) is 3.34. The summed E-state index contributed by atoms with van der Waals surface area (Å²) >= 11 is 5.27. The number of hydrogen-bond acceptors (Lipinski definition) is 8. The van der Waals surface area contributed by atoms with Gasteiger partial charge in [-0.15, -0.1) is 0 Å². The van der Waals surface area contributed by atoms with Gasteiger partial charge in [-0.05, 0) is 42.9 Å². The molecule has 35 heavy (non-hydrogen) atoms. The zero-order valence-electron chi connectivity index (χ0n) is 19.5. The van der Waals surface area contributed by atoms with E-state index in [2.05, 4.69) is 25.7 Å². The van der Waals surface area contributed by atoms with E-state index in [1.807, 2.05) is 36.4 Å². The van der Waals surface area contributed by atoms with Gasteiger partial charge in [-0.1, -0.05) is 24.3 Å². The molecule has 3 rings (SSSR count). The molecule has 0 unspecified atom stereocenters. The van der Waals surface area contributed by atoms with E-state index in [4.69, 9.17) is 28.6 Å². The Bertz CT molecular complexity index is 1090. The number of morpholine rings is 1.